The summed E-state index contributed by atoms with van der Waals surface area (Å²) in [5.41, 5.74) is 1.39. The second-order valence-corrected chi connectivity index (χ2v) is 6.42. The maximum absolute atomic E-state index is 11.8. The van der Waals surface area contributed by atoms with Gasteiger partial charge in [-0.2, -0.15) is 11.3 Å². The number of fused-ring (bicyclic) bond motifs is 1. The average Bonchev–Trinajstić information content (AvgIpc) is 3.35. The van der Waals surface area contributed by atoms with Crippen LogP contribution >= 0.6 is 11.3 Å². The maximum Gasteiger partial charge on any atom is 0.308 e. The zero-order valence-corrected chi connectivity index (χ0v) is 15.2. The number of ether oxygens (including phenoxy) is 3. The van der Waals surface area contributed by atoms with Gasteiger partial charge in [-0.05, 0) is 29.1 Å². The fourth-order valence-corrected chi connectivity index (χ4v) is 2.93. The Kier molecular flexibility index (Phi) is 6.26. The second-order valence-electron chi connectivity index (χ2n) is 5.64. The minimum absolute atomic E-state index is 0.00861. The molecule has 0 spiro atoms. The van der Waals surface area contributed by atoms with Crippen LogP contribution in [0.25, 0.3) is 0 Å². The lowest BCUT2D eigenvalue weighted by Crippen LogP contribution is -2.30. The Morgan fingerprint density at radius 2 is 1.96 bits per heavy atom. The molecule has 0 atom stereocenters. The van der Waals surface area contributed by atoms with E-state index in [1.165, 1.54) is 11.3 Å². The third-order valence-electron chi connectivity index (χ3n) is 3.69. The molecule has 0 saturated carbocycles. The van der Waals surface area contributed by atoms with Crippen molar-refractivity contribution >= 4 is 29.1 Å². The van der Waals surface area contributed by atoms with Crippen molar-refractivity contribution in [2.45, 2.75) is 13.0 Å². The lowest BCUT2D eigenvalue weighted by atomic mass is 10.2. The summed E-state index contributed by atoms with van der Waals surface area (Å²) in [5.74, 6) is 0.0930. The highest BCUT2D eigenvalue weighted by Gasteiger charge is 2.14. The summed E-state index contributed by atoms with van der Waals surface area (Å²) in [6, 6.07) is 7.07. The van der Waals surface area contributed by atoms with Crippen molar-refractivity contribution in [1.29, 1.82) is 0 Å². The van der Waals surface area contributed by atoms with Crippen LogP contribution in [0.3, 0.4) is 0 Å². The molecule has 0 fully saturated rings. The zero-order chi connectivity index (χ0) is 19.1. The molecular weight excluding hydrogens is 372 g/mol. The molecule has 27 heavy (non-hydrogen) atoms. The Balaban J connectivity index is 1.30. The van der Waals surface area contributed by atoms with Crippen LogP contribution < -0.4 is 20.1 Å². The molecule has 9 heteroatoms. The van der Waals surface area contributed by atoms with Crippen molar-refractivity contribution in [3.8, 4) is 11.5 Å². The fourth-order valence-electron chi connectivity index (χ4n) is 2.29. The number of hydrogen-bond donors (Lipinski definition) is 2. The summed E-state index contributed by atoms with van der Waals surface area (Å²) in [6.45, 7) is 0.243. The maximum atomic E-state index is 11.8. The number of esters is 1. The first-order valence-corrected chi connectivity index (χ1v) is 9.17. The molecule has 1 aromatic carbocycles. The Morgan fingerprint density at radius 3 is 2.78 bits per heavy atom. The molecule has 0 bridgehead atoms. The van der Waals surface area contributed by atoms with Gasteiger partial charge in [0, 0.05) is 24.0 Å². The first kappa shape index (κ1) is 18.7. The molecule has 2 amide bonds. The van der Waals surface area contributed by atoms with Crippen molar-refractivity contribution in [2.75, 3.05) is 19.9 Å². The van der Waals surface area contributed by atoms with Gasteiger partial charge in [-0.25, -0.2) is 0 Å². The van der Waals surface area contributed by atoms with Crippen LogP contribution in [0.1, 0.15) is 22.3 Å². The van der Waals surface area contributed by atoms with Gasteiger partial charge < -0.3 is 24.8 Å². The molecule has 0 aliphatic carbocycles. The quantitative estimate of drug-likeness (QED) is 0.662. The van der Waals surface area contributed by atoms with Crippen molar-refractivity contribution in [3.05, 3.63) is 46.2 Å². The lowest BCUT2D eigenvalue weighted by molar-refractivity contribution is -0.148. The van der Waals surface area contributed by atoms with Gasteiger partial charge in [0.25, 0.3) is 11.8 Å². The average molecular weight is 390 g/mol. The number of benzene rings is 1. The highest BCUT2D eigenvalue weighted by Crippen LogP contribution is 2.32. The van der Waals surface area contributed by atoms with Crippen LogP contribution in [0.5, 0.6) is 11.5 Å². The first-order chi connectivity index (χ1) is 13.1. The van der Waals surface area contributed by atoms with Gasteiger partial charge in [0.2, 0.25) is 6.79 Å². The molecular formula is C18H18N2O6S. The number of amides is 2. The highest BCUT2D eigenvalue weighted by molar-refractivity contribution is 7.08. The molecule has 2 heterocycles. The molecule has 0 unspecified atom stereocenters. The normalized spacial score (nSPS) is 11.7. The predicted molar refractivity (Wildman–Crippen MR) is 96.6 cm³/mol. The van der Waals surface area contributed by atoms with Gasteiger partial charge in [-0.1, -0.05) is 6.07 Å². The molecule has 1 aliphatic rings. The van der Waals surface area contributed by atoms with Gasteiger partial charge in [0.05, 0.1) is 6.42 Å². The molecule has 2 aromatic rings. The number of hydrogen-bond acceptors (Lipinski definition) is 7. The minimum atomic E-state index is -0.557. The molecule has 8 nitrogen and oxygen atoms in total. The van der Waals surface area contributed by atoms with E-state index in [0.29, 0.717) is 17.1 Å². The van der Waals surface area contributed by atoms with Crippen LogP contribution in [-0.2, 0) is 20.9 Å². The van der Waals surface area contributed by atoms with E-state index < -0.39 is 11.9 Å². The number of thiophene rings is 1. The van der Waals surface area contributed by atoms with Crippen LogP contribution in [0, 0.1) is 0 Å². The second kappa shape index (κ2) is 9.04. The molecule has 1 aliphatic heterocycles. The Hall–Kier alpha value is -3.07. The van der Waals surface area contributed by atoms with E-state index in [9.17, 15) is 14.4 Å². The fraction of sp³-hybridized carbons (Fsp3) is 0.278. The van der Waals surface area contributed by atoms with E-state index in [1.54, 1.807) is 29.0 Å². The lowest BCUT2D eigenvalue weighted by Gasteiger charge is -2.08. The van der Waals surface area contributed by atoms with E-state index in [2.05, 4.69) is 10.6 Å². The van der Waals surface area contributed by atoms with Gasteiger partial charge in [0.1, 0.15) is 0 Å². The van der Waals surface area contributed by atoms with Gasteiger partial charge in [0.15, 0.2) is 18.1 Å². The predicted octanol–water partition coefficient (Wildman–Crippen LogP) is 1.46. The van der Waals surface area contributed by atoms with Crippen molar-refractivity contribution < 1.29 is 28.6 Å². The van der Waals surface area contributed by atoms with E-state index >= 15 is 0 Å². The van der Waals surface area contributed by atoms with E-state index in [0.717, 1.165) is 5.56 Å². The van der Waals surface area contributed by atoms with Crippen molar-refractivity contribution in [1.82, 2.24) is 10.6 Å². The first-order valence-electron chi connectivity index (χ1n) is 8.23. The smallest absolute Gasteiger partial charge is 0.308 e. The van der Waals surface area contributed by atoms with Crippen LogP contribution in [0.2, 0.25) is 0 Å². The Bertz CT molecular complexity index is 821. The third kappa shape index (κ3) is 5.45. The molecule has 1 aromatic heterocycles. The van der Waals surface area contributed by atoms with Gasteiger partial charge >= 0.3 is 5.97 Å². The summed E-state index contributed by atoms with van der Waals surface area (Å²) < 4.78 is 15.4. The van der Waals surface area contributed by atoms with Crippen LogP contribution in [0.15, 0.2) is 35.0 Å². The molecule has 142 valence electrons. The van der Waals surface area contributed by atoms with E-state index in [4.69, 9.17) is 14.2 Å². The summed E-state index contributed by atoms with van der Waals surface area (Å²) in [5, 5.41) is 8.79. The van der Waals surface area contributed by atoms with Gasteiger partial charge in [-0.3, -0.25) is 14.4 Å². The Morgan fingerprint density at radius 1 is 1.11 bits per heavy atom. The third-order valence-corrected chi connectivity index (χ3v) is 4.37. The summed E-state index contributed by atoms with van der Waals surface area (Å²) in [6.07, 6.45) is -0.00861. The van der Waals surface area contributed by atoms with Crippen LogP contribution in [0.4, 0.5) is 0 Å². The van der Waals surface area contributed by atoms with Crippen LogP contribution in [-0.4, -0.2) is 37.7 Å². The number of carbonyl (C=O) groups excluding carboxylic acids is 3. The topological polar surface area (TPSA) is 103 Å². The summed E-state index contributed by atoms with van der Waals surface area (Å²) >= 11 is 1.42. The number of nitrogens with one attached hydrogen (secondary N) is 2. The highest BCUT2D eigenvalue weighted by atomic mass is 32.1. The van der Waals surface area contributed by atoms with Crippen molar-refractivity contribution in [3.63, 3.8) is 0 Å². The van der Waals surface area contributed by atoms with E-state index in [1.807, 2.05) is 6.07 Å². The van der Waals surface area contributed by atoms with Crippen molar-refractivity contribution in [2.24, 2.45) is 0 Å². The molecule has 0 saturated heterocycles. The molecule has 2 N–H and O–H groups in total. The minimum Gasteiger partial charge on any atom is -0.456 e. The SMILES string of the molecule is O=C(COC(=O)CCNC(=O)c1ccsc1)NCc1ccc2c(c1)OCO2. The van der Waals surface area contributed by atoms with E-state index in [-0.39, 0.29) is 38.8 Å². The standard InChI is InChI=1S/C18H18N2O6S/c21-16(20-8-12-1-2-14-15(7-12)26-11-25-14)9-24-17(22)3-5-19-18(23)13-4-6-27-10-13/h1-2,4,6-7,10H,3,5,8-9,11H2,(H,19,23)(H,20,21). The largest absolute Gasteiger partial charge is 0.456 e. The molecule has 0 radical (unpaired) electrons. The number of rotatable bonds is 8. The Labute approximate surface area is 159 Å². The van der Waals surface area contributed by atoms with Gasteiger partial charge in [-0.15, -0.1) is 0 Å². The summed E-state index contributed by atoms with van der Waals surface area (Å²) in [4.78, 5) is 35.1. The molecule has 3 rings (SSSR count). The zero-order valence-electron chi connectivity index (χ0n) is 14.4. The number of carbonyl (C=O) groups is 3. The summed E-state index contributed by atoms with van der Waals surface area (Å²) in [7, 11) is 0. The monoisotopic (exact) mass is 390 g/mol.